The maximum Gasteiger partial charge on any atom is 0.251 e. The third-order valence-electron chi connectivity index (χ3n) is 9.36. The number of aromatic hydroxyl groups is 1. The number of hydrogen-bond donors (Lipinski definition) is 6. The second-order valence-corrected chi connectivity index (χ2v) is 14.0. The number of ether oxygens (including phenoxy) is 6. The number of carbonyl (C=O) groups is 3. The molecule has 338 valence electrons. The van der Waals surface area contributed by atoms with Gasteiger partial charge < -0.3 is 60.2 Å². The van der Waals surface area contributed by atoms with Gasteiger partial charge in [-0.05, 0) is 55.3 Å². The minimum absolute atomic E-state index is 0.0908. The van der Waals surface area contributed by atoms with Crippen molar-refractivity contribution in [1.82, 2.24) is 40.7 Å². The standard InChI is InChI=1S/C44H57N9O10/c1-2-32-6-5-7-33(28-32)44(57)48-14-19-61-23-27-63-25-21-59-17-11-39(56)47-13-18-60-22-26-62-24-20-58-16-10-38(55)46-12-3-4-15-53-43-40(42(45)49-31-50-43)41(52-53)37-30-34-29-35(54)8-9-36(34)51-37/h1,5-9,28-31,51,54H,3-4,10-27H2,(H,46,55)(H,47,56)(H,48,57)(H2,45,49,50). The van der Waals surface area contributed by atoms with Crippen molar-refractivity contribution in [3.05, 3.63) is 66.0 Å². The largest absolute Gasteiger partial charge is 0.508 e. The van der Waals surface area contributed by atoms with E-state index in [1.54, 1.807) is 47.1 Å². The second kappa shape index (κ2) is 27.0. The molecule has 0 saturated carbocycles. The quantitative estimate of drug-likeness (QED) is 0.0277. The van der Waals surface area contributed by atoms with Crippen LogP contribution in [0.25, 0.3) is 33.3 Å². The molecule has 0 bridgehead atoms. The summed E-state index contributed by atoms with van der Waals surface area (Å²) in [5.41, 5.74) is 10.2. The molecule has 0 spiro atoms. The van der Waals surface area contributed by atoms with Gasteiger partial charge in [0.2, 0.25) is 11.8 Å². The number of H-pyrrole nitrogens is 1. The Kier molecular flexibility index (Phi) is 20.6. The van der Waals surface area contributed by atoms with Crippen molar-refractivity contribution in [2.24, 2.45) is 0 Å². The summed E-state index contributed by atoms with van der Waals surface area (Å²) in [4.78, 5) is 48.3. The van der Waals surface area contributed by atoms with Gasteiger partial charge in [0.1, 0.15) is 23.6 Å². The van der Waals surface area contributed by atoms with Crippen LogP contribution in [0, 0.1) is 12.3 Å². The van der Waals surface area contributed by atoms with E-state index in [2.05, 4.69) is 36.8 Å². The highest BCUT2D eigenvalue weighted by Gasteiger charge is 2.19. The van der Waals surface area contributed by atoms with E-state index in [0.717, 1.165) is 29.4 Å². The summed E-state index contributed by atoms with van der Waals surface area (Å²) < 4.78 is 34.7. The van der Waals surface area contributed by atoms with Gasteiger partial charge in [0.15, 0.2) is 5.65 Å². The number of phenolic OH excluding ortho intramolecular Hbond substituents is 1. The molecule has 0 saturated heterocycles. The minimum Gasteiger partial charge on any atom is -0.508 e. The van der Waals surface area contributed by atoms with E-state index in [4.69, 9.17) is 45.7 Å². The summed E-state index contributed by atoms with van der Waals surface area (Å²) in [6.45, 7) is 6.09. The van der Waals surface area contributed by atoms with Crippen molar-refractivity contribution in [3.63, 3.8) is 0 Å². The predicted molar refractivity (Wildman–Crippen MR) is 235 cm³/mol. The van der Waals surface area contributed by atoms with E-state index in [1.165, 1.54) is 6.33 Å². The number of unbranched alkanes of at least 4 members (excludes halogenated alkanes) is 1. The molecule has 0 aliphatic heterocycles. The molecule has 0 radical (unpaired) electrons. The van der Waals surface area contributed by atoms with Crippen LogP contribution in [0.2, 0.25) is 0 Å². The number of amides is 3. The van der Waals surface area contributed by atoms with E-state index < -0.39 is 0 Å². The van der Waals surface area contributed by atoms with Gasteiger partial charge in [0, 0.05) is 61.1 Å². The first kappa shape index (κ1) is 47.9. The second-order valence-electron chi connectivity index (χ2n) is 14.0. The molecule has 2 aromatic carbocycles. The fourth-order valence-corrected chi connectivity index (χ4v) is 6.18. The van der Waals surface area contributed by atoms with E-state index in [9.17, 15) is 19.5 Å². The zero-order chi connectivity index (χ0) is 44.5. The van der Waals surface area contributed by atoms with Crippen molar-refractivity contribution < 1.29 is 47.9 Å². The van der Waals surface area contributed by atoms with E-state index in [0.29, 0.717) is 126 Å². The molecular formula is C44H57N9O10. The number of nitrogens with two attached hydrogens (primary N) is 1. The highest BCUT2D eigenvalue weighted by atomic mass is 16.5. The monoisotopic (exact) mass is 871 g/mol. The molecule has 0 fully saturated rings. The van der Waals surface area contributed by atoms with E-state index in [-0.39, 0.29) is 49.5 Å². The summed E-state index contributed by atoms with van der Waals surface area (Å²) in [6, 6.07) is 13.9. The number of anilines is 1. The number of fused-ring (bicyclic) bond motifs is 2. The Hall–Kier alpha value is -6.14. The molecule has 63 heavy (non-hydrogen) atoms. The Morgan fingerprint density at radius 1 is 0.730 bits per heavy atom. The lowest BCUT2D eigenvalue weighted by Gasteiger charge is -2.09. The smallest absolute Gasteiger partial charge is 0.251 e. The fraction of sp³-hybridized carbons (Fsp3) is 0.455. The lowest BCUT2D eigenvalue weighted by Crippen LogP contribution is -2.28. The molecule has 7 N–H and O–H groups in total. The van der Waals surface area contributed by atoms with Crippen molar-refractivity contribution in [3.8, 4) is 29.5 Å². The average Bonchev–Trinajstić information content (AvgIpc) is 3.88. The predicted octanol–water partition coefficient (Wildman–Crippen LogP) is 2.57. The van der Waals surface area contributed by atoms with Gasteiger partial charge in [0.05, 0.1) is 90.4 Å². The highest BCUT2D eigenvalue weighted by molar-refractivity contribution is 6.00. The SMILES string of the molecule is C#Cc1cccc(C(=O)NCCOCCOCCOCCC(=O)NCCOCCOCCOCCC(=O)NCCCCn2nc(-c3cc4cc(O)ccc4[nH]3)c3c(N)ncnc32)c1. The van der Waals surface area contributed by atoms with Crippen LogP contribution >= 0.6 is 0 Å². The molecule has 19 heteroatoms. The van der Waals surface area contributed by atoms with Crippen LogP contribution in [-0.2, 0) is 44.6 Å². The number of benzene rings is 2. The maximum atomic E-state index is 12.3. The van der Waals surface area contributed by atoms with Gasteiger partial charge in [-0.1, -0.05) is 12.0 Å². The third kappa shape index (κ3) is 16.6. The molecule has 19 nitrogen and oxygen atoms in total. The maximum absolute atomic E-state index is 12.3. The highest BCUT2D eigenvalue weighted by Crippen LogP contribution is 2.32. The molecule has 0 aliphatic rings. The summed E-state index contributed by atoms with van der Waals surface area (Å²) in [5, 5.41) is 24.6. The lowest BCUT2D eigenvalue weighted by atomic mass is 10.1. The van der Waals surface area contributed by atoms with Gasteiger partial charge in [-0.15, -0.1) is 6.42 Å². The van der Waals surface area contributed by atoms with Crippen molar-refractivity contribution in [2.75, 3.05) is 105 Å². The van der Waals surface area contributed by atoms with Crippen LogP contribution < -0.4 is 21.7 Å². The number of phenols is 1. The lowest BCUT2D eigenvalue weighted by molar-refractivity contribution is -0.123. The van der Waals surface area contributed by atoms with Crippen LogP contribution in [0.4, 0.5) is 5.82 Å². The molecule has 0 atom stereocenters. The van der Waals surface area contributed by atoms with Crippen LogP contribution in [0.15, 0.2) is 54.9 Å². The zero-order valence-corrected chi connectivity index (χ0v) is 35.4. The Bertz CT molecular complexity index is 2240. The molecule has 5 rings (SSSR count). The van der Waals surface area contributed by atoms with Gasteiger partial charge in [-0.2, -0.15) is 5.10 Å². The first-order valence-electron chi connectivity index (χ1n) is 21.0. The summed E-state index contributed by atoms with van der Waals surface area (Å²) >= 11 is 0. The molecule has 5 aromatic rings. The Balaban J connectivity index is 0.764. The fourth-order valence-electron chi connectivity index (χ4n) is 6.18. The van der Waals surface area contributed by atoms with Crippen molar-refractivity contribution >= 4 is 45.5 Å². The number of hydrogen-bond acceptors (Lipinski definition) is 14. The molecule has 0 aliphatic carbocycles. The summed E-state index contributed by atoms with van der Waals surface area (Å²) in [7, 11) is 0. The number of nitrogens with one attached hydrogen (secondary N) is 4. The number of aromatic nitrogens is 5. The van der Waals surface area contributed by atoms with Gasteiger partial charge >= 0.3 is 0 Å². The molecule has 0 unspecified atom stereocenters. The van der Waals surface area contributed by atoms with Gasteiger partial charge in [0.25, 0.3) is 5.91 Å². The average molecular weight is 872 g/mol. The Morgan fingerprint density at radius 2 is 1.35 bits per heavy atom. The number of nitrogens with zero attached hydrogens (tertiary/aromatic N) is 4. The van der Waals surface area contributed by atoms with E-state index >= 15 is 0 Å². The van der Waals surface area contributed by atoms with Crippen LogP contribution in [0.3, 0.4) is 0 Å². The van der Waals surface area contributed by atoms with Crippen LogP contribution in [0.5, 0.6) is 5.75 Å². The van der Waals surface area contributed by atoms with Crippen LogP contribution in [-0.4, -0.2) is 146 Å². The van der Waals surface area contributed by atoms with Gasteiger partial charge in [-0.3, -0.25) is 14.4 Å². The minimum atomic E-state index is -0.210. The molecule has 3 heterocycles. The normalized spacial score (nSPS) is 11.2. The van der Waals surface area contributed by atoms with Crippen LogP contribution in [0.1, 0.15) is 41.6 Å². The van der Waals surface area contributed by atoms with E-state index in [1.807, 2.05) is 6.07 Å². The van der Waals surface area contributed by atoms with Gasteiger partial charge in [-0.25, -0.2) is 14.6 Å². The van der Waals surface area contributed by atoms with Crippen molar-refractivity contribution in [2.45, 2.75) is 32.2 Å². The number of carbonyl (C=O) groups excluding carboxylic acids is 3. The number of terminal acetylenes is 1. The third-order valence-corrected chi connectivity index (χ3v) is 9.36. The number of aromatic amines is 1. The first-order chi connectivity index (χ1) is 30.8. The number of rotatable bonds is 31. The first-order valence-corrected chi connectivity index (χ1v) is 21.0. The zero-order valence-electron chi connectivity index (χ0n) is 35.4. The van der Waals surface area contributed by atoms with Crippen molar-refractivity contribution in [1.29, 1.82) is 0 Å². The number of aryl methyl sites for hydroxylation is 1. The molecule has 3 aromatic heterocycles. The Labute approximate surface area is 365 Å². The summed E-state index contributed by atoms with van der Waals surface area (Å²) in [5.74, 6) is 2.58. The number of nitrogen functional groups attached to an aromatic ring is 1. The molecular weight excluding hydrogens is 815 g/mol. The summed E-state index contributed by atoms with van der Waals surface area (Å²) in [6.07, 6.45) is 8.75. The topological polar surface area (TPSA) is 248 Å². The molecule has 3 amide bonds. The Morgan fingerprint density at radius 3 is 2.02 bits per heavy atom.